The first kappa shape index (κ1) is 17.6. The molecule has 1 amide bonds. The maximum Gasteiger partial charge on any atom is 0.231 e. The van der Waals surface area contributed by atoms with Gasteiger partial charge in [-0.15, -0.1) is 0 Å². The minimum atomic E-state index is -0.348. The van der Waals surface area contributed by atoms with Gasteiger partial charge in [-0.3, -0.25) is 4.79 Å². The van der Waals surface area contributed by atoms with Crippen molar-refractivity contribution in [3.63, 3.8) is 0 Å². The lowest BCUT2D eigenvalue weighted by Gasteiger charge is -2.15. The van der Waals surface area contributed by atoms with Gasteiger partial charge in [0.25, 0.3) is 0 Å². The fourth-order valence-corrected chi connectivity index (χ4v) is 3.13. The van der Waals surface area contributed by atoms with E-state index in [4.69, 9.17) is 27.9 Å². The second kappa shape index (κ2) is 7.34. The van der Waals surface area contributed by atoms with Crippen molar-refractivity contribution < 1.29 is 9.53 Å². The van der Waals surface area contributed by atoms with Crippen molar-refractivity contribution in [2.24, 2.45) is 0 Å². The minimum absolute atomic E-state index is 0.164. The average molecular weight is 374 g/mol. The Bertz CT molecular complexity index is 920. The first-order valence-corrected chi connectivity index (χ1v) is 8.58. The van der Waals surface area contributed by atoms with Gasteiger partial charge in [0.1, 0.15) is 5.75 Å². The number of carbonyl (C=O) groups excluding carboxylic acids is 1. The highest BCUT2D eigenvalue weighted by molar-refractivity contribution is 6.39. The van der Waals surface area contributed by atoms with E-state index in [0.717, 1.165) is 22.1 Å². The van der Waals surface area contributed by atoms with E-state index in [1.54, 1.807) is 25.3 Å². The lowest BCUT2D eigenvalue weighted by atomic mass is 9.97. The quantitative estimate of drug-likeness (QED) is 0.618. The van der Waals surface area contributed by atoms with Crippen LogP contribution in [-0.4, -0.2) is 13.0 Å². The van der Waals surface area contributed by atoms with Crippen molar-refractivity contribution in [1.82, 2.24) is 0 Å². The SMILES string of the molecule is COc1ccc2cc([C@H](C)C(=O)Nc3c(Cl)cccc3Cl)ccc2c1. The summed E-state index contributed by atoms with van der Waals surface area (Å²) < 4.78 is 5.24. The van der Waals surface area contributed by atoms with E-state index in [0.29, 0.717) is 15.7 Å². The van der Waals surface area contributed by atoms with Crippen LogP contribution < -0.4 is 10.1 Å². The fraction of sp³-hybridized carbons (Fsp3) is 0.150. The number of carbonyl (C=O) groups is 1. The molecule has 0 aromatic heterocycles. The summed E-state index contributed by atoms with van der Waals surface area (Å²) in [6.45, 7) is 1.85. The number of benzene rings is 3. The number of para-hydroxylation sites is 1. The van der Waals surface area contributed by atoms with Crippen LogP contribution in [-0.2, 0) is 4.79 Å². The van der Waals surface area contributed by atoms with E-state index >= 15 is 0 Å². The predicted octanol–water partition coefficient (Wildman–Crippen LogP) is 5.90. The molecule has 128 valence electrons. The van der Waals surface area contributed by atoms with Crippen LogP contribution in [0.25, 0.3) is 10.8 Å². The molecule has 0 aliphatic heterocycles. The van der Waals surface area contributed by atoms with Crippen LogP contribution >= 0.6 is 23.2 Å². The maximum absolute atomic E-state index is 12.6. The largest absolute Gasteiger partial charge is 0.497 e. The molecule has 0 aliphatic rings. The van der Waals surface area contributed by atoms with Crippen molar-refractivity contribution in [1.29, 1.82) is 0 Å². The van der Waals surface area contributed by atoms with Gasteiger partial charge in [0.05, 0.1) is 28.8 Å². The number of amides is 1. The molecular formula is C20H17Cl2NO2. The highest BCUT2D eigenvalue weighted by atomic mass is 35.5. The van der Waals surface area contributed by atoms with Crippen LogP contribution in [0, 0.1) is 0 Å². The molecule has 0 saturated heterocycles. The van der Waals surface area contributed by atoms with Gasteiger partial charge in [0.2, 0.25) is 5.91 Å². The van der Waals surface area contributed by atoms with Crippen LogP contribution in [0.4, 0.5) is 5.69 Å². The lowest BCUT2D eigenvalue weighted by molar-refractivity contribution is -0.117. The molecule has 3 aromatic rings. The second-order valence-corrected chi connectivity index (χ2v) is 6.59. The van der Waals surface area contributed by atoms with E-state index < -0.39 is 0 Å². The molecule has 3 aromatic carbocycles. The number of ether oxygens (including phenoxy) is 1. The smallest absolute Gasteiger partial charge is 0.231 e. The van der Waals surface area contributed by atoms with Crippen molar-refractivity contribution in [3.8, 4) is 5.75 Å². The fourth-order valence-electron chi connectivity index (χ4n) is 2.64. The Hall–Kier alpha value is -2.23. The number of methoxy groups -OCH3 is 1. The summed E-state index contributed by atoms with van der Waals surface area (Å²) in [5.74, 6) is 0.293. The lowest BCUT2D eigenvalue weighted by Crippen LogP contribution is -2.19. The molecule has 0 spiro atoms. The number of hydrogen-bond donors (Lipinski definition) is 1. The van der Waals surface area contributed by atoms with E-state index in [2.05, 4.69) is 5.32 Å². The molecule has 0 radical (unpaired) electrons. The zero-order valence-electron chi connectivity index (χ0n) is 13.8. The van der Waals surface area contributed by atoms with Crippen LogP contribution in [0.15, 0.2) is 54.6 Å². The summed E-state index contributed by atoms with van der Waals surface area (Å²) in [4.78, 5) is 12.6. The van der Waals surface area contributed by atoms with Gasteiger partial charge in [0.15, 0.2) is 0 Å². The zero-order chi connectivity index (χ0) is 18.0. The van der Waals surface area contributed by atoms with Gasteiger partial charge in [-0.2, -0.15) is 0 Å². The Morgan fingerprint density at radius 1 is 1.00 bits per heavy atom. The van der Waals surface area contributed by atoms with Gasteiger partial charge in [-0.25, -0.2) is 0 Å². The molecule has 5 heteroatoms. The molecule has 0 unspecified atom stereocenters. The molecule has 1 atom stereocenters. The van der Waals surface area contributed by atoms with Crippen LogP contribution in [0.2, 0.25) is 10.0 Å². The van der Waals surface area contributed by atoms with Gasteiger partial charge in [-0.05, 0) is 47.5 Å². The Balaban J connectivity index is 1.85. The molecular weight excluding hydrogens is 357 g/mol. The maximum atomic E-state index is 12.6. The van der Waals surface area contributed by atoms with Crippen LogP contribution in [0.3, 0.4) is 0 Å². The third kappa shape index (κ3) is 3.73. The van der Waals surface area contributed by atoms with E-state index in [9.17, 15) is 4.79 Å². The normalized spacial score (nSPS) is 12.0. The Morgan fingerprint density at radius 3 is 2.32 bits per heavy atom. The van der Waals surface area contributed by atoms with E-state index in [1.165, 1.54) is 0 Å². The van der Waals surface area contributed by atoms with Crippen molar-refractivity contribution in [3.05, 3.63) is 70.2 Å². The average Bonchev–Trinajstić information content (AvgIpc) is 2.63. The third-order valence-corrected chi connectivity index (χ3v) is 4.81. The predicted molar refractivity (Wildman–Crippen MR) is 104 cm³/mol. The summed E-state index contributed by atoms with van der Waals surface area (Å²) in [6, 6.07) is 16.9. The zero-order valence-corrected chi connectivity index (χ0v) is 15.4. The van der Waals surface area contributed by atoms with Crippen molar-refractivity contribution >= 4 is 45.6 Å². The van der Waals surface area contributed by atoms with Crippen molar-refractivity contribution in [2.45, 2.75) is 12.8 Å². The number of anilines is 1. The molecule has 3 nitrogen and oxygen atoms in total. The molecule has 25 heavy (non-hydrogen) atoms. The number of rotatable bonds is 4. The van der Waals surface area contributed by atoms with Crippen LogP contribution in [0.5, 0.6) is 5.75 Å². The van der Waals surface area contributed by atoms with Gasteiger partial charge in [0, 0.05) is 0 Å². The second-order valence-electron chi connectivity index (χ2n) is 5.78. The highest BCUT2D eigenvalue weighted by Gasteiger charge is 2.18. The summed E-state index contributed by atoms with van der Waals surface area (Å²) in [7, 11) is 1.64. The summed E-state index contributed by atoms with van der Waals surface area (Å²) >= 11 is 12.2. The summed E-state index contributed by atoms with van der Waals surface area (Å²) in [6.07, 6.45) is 0. The number of halogens is 2. The van der Waals surface area contributed by atoms with Gasteiger partial charge >= 0.3 is 0 Å². The summed E-state index contributed by atoms with van der Waals surface area (Å²) in [5.41, 5.74) is 1.35. The first-order chi connectivity index (χ1) is 12.0. The Morgan fingerprint density at radius 2 is 1.64 bits per heavy atom. The molecule has 1 N–H and O–H groups in total. The molecule has 0 fully saturated rings. The third-order valence-electron chi connectivity index (χ3n) is 4.18. The Kier molecular flexibility index (Phi) is 5.16. The molecule has 3 rings (SSSR count). The minimum Gasteiger partial charge on any atom is -0.497 e. The standard InChI is InChI=1S/C20H17Cl2NO2/c1-12(20(24)23-19-17(21)4-3-5-18(19)22)13-6-7-15-11-16(25-2)9-8-14(15)10-13/h3-12H,1-2H3,(H,23,24)/t12-/m0/s1. The van der Waals surface area contributed by atoms with E-state index in [-0.39, 0.29) is 11.8 Å². The molecule has 0 aliphatic carbocycles. The highest BCUT2D eigenvalue weighted by Crippen LogP contribution is 2.31. The monoisotopic (exact) mass is 373 g/mol. The van der Waals surface area contributed by atoms with Crippen LogP contribution in [0.1, 0.15) is 18.4 Å². The molecule has 0 bridgehead atoms. The first-order valence-electron chi connectivity index (χ1n) is 7.82. The summed E-state index contributed by atoms with van der Waals surface area (Å²) in [5, 5.41) is 5.76. The van der Waals surface area contributed by atoms with Crippen molar-refractivity contribution in [2.75, 3.05) is 12.4 Å². The topological polar surface area (TPSA) is 38.3 Å². The number of fused-ring (bicyclic) bond motifs is 1. The van der Waals surface area contributed by atoms with Gasteiger partial charge < -0.3 is 10.1 Å². The Labute approximate surface area is 156 Å². The number of hydrogen-bond acceptors (Lipinski definition) is 2. The number of nitrogens with one attached hydrogen (secondary N) is 1. The van der Waals surface area contributed by atoms with Gasteiger partial charge in [-0.1, -0.05) is 53.5 Å². The molecule has 0 heterocycles. The van der Waals surface area contributed by atoms with E-state index in [1.807, 2.05) is 43.3 Å². The molecule has 0 saturated carbocycles.